The van der Waals surface area contributed by atoms with E-state index >= 15 is 0 Å². The second-order valence-electron chi connectivity index (χ2n) is 12.7. The van der Waals surface area contributed by atoms with Crippen LogP contribution in [0.4, 0.5) is 14.4 Å². The van der Waals surface area contributed by atoms with Crippen LogP contribution in [0.3, 0.4) is 0 Å². The van der Waals surface area contributed by atoms with Gasteiger partial charge in [0.2, 0.25) is 5.12 Å². The zero-order chi connectivity index (χ0) is 32.0. The van der Waals surface area contributed by atoms with Gasteiger partial charge < -0.3 is 34.9 Å². The number of hydrogen-bond donors (Lipinski definition) is 3. The Kier molecular flexibility index (Phi) is 15.0. The van der Waals surface area contributed by atoms with Crippen LogP contribution in [0.5, 0.6) is 5.75 Å². The van der Waals surface area contributed by atoms with Gasteiger partial charge in [-0.1, -0.05) is 23.9 Å². The molecule has 0 saturated heterocycles. The van der Waals surface area contributed by atoms with Crippen LogP contribution in [0.1, 0.15) is 87.1 Å². The van der Waals surface area contributed by atoms with E-state index in [-0.39, 0.29) is 11.7 Å². The molecule has 3 N–H and O–H groups in total. The topological polar surface area (TPSA) is 141 Å². The minimum Gasteiger partial charge on any atom is -0.492 e. The predicted octanol–water partition coefficient (Wildman–Crippen LogP) is 5.94. The Morgan fingerprint density at radius 1 is 0.714 bits per heavy atom. The van der Waals surface area contributed by atoms with Crippen molar-refractivity contribution in [2.24, 2.45) is 0 Å². The standard InChI is InChI=1S/C30H49N3O8S/c1-28(2,3)39-25(35)31-17-11-10-12-23(33-27(37)41-30(7,8)9)24(34)42-20-21-13-15-22(16-14-21)38-19-18-32-26(36)40-29(4,5)6/h13-16,23H,10-12,17-20H2,1-9H3,(H,31,35)(H,32,36)(H,33,37). The Hall–Kier alpha value is -3.15. The predicted molar refractivity (Wildman–Crippen MR) is 164 cm³/mol. The van der Waals surface area contributed by atoms with Crippen molar-refractivity contribution < 1.29 is 38.1 Å². The Morgan fingerprint density at radius 3 is 1.74 bits per heavy atom. The van der Waals surface area contributed by atoms with Crippen LogP contribution >= 0.6 is 11.8 Å². The summed E-state index contributed by atoms with van der Waals surface area (Å²) in [5.41, 5.74) is -0.931. The maximum absolute atomic E-state index is 13.1. The lowest BCUT2D eigenvalue weighted by Crippen LogP contribution is -2.42. The van der Waals surface area contributed by atoms with Crippen molar-refractivity contribution in [2.45, 2.75) is 110 Å². The van der Waals surface area contributed by atoms with Crippen LogP contribution in [-0.2, 0) is 24.8 Å². The molecule has 1 aromatic carbocycles. The van der Waals surface area contributed by atoms with Crippen molar-refractivity contribution >= 4 is 35.2 Å². The number of alkyl carbamates (subject to hydrolysis) is 3. The molecular formula is C30H49N3O8S. The minimum atomic E-state index is -0.744. The summed E-state index contributed by atoms with van der Waals surface area (Å²) in [4.78, 5) is 49.0. The molecule has 3 amide bonds. The summed E-state index contributed by atoms with van der Waals surface area (Å²) in [5.74, 6) is 1.04. The molecule has 0 radical (unpaired) electrons. The van der Waals surface area contributed by atoms with Crippen molar-refractivity contribution in [2.75, 3.05) is 19.7 Å². The van der Waals surface area contributed by atoms with Crippen LogP contribution in [0, 0.1) is 0 Å². The molecule has 0 saturated carbocycles. The molecule has 0 spiro atoms. The zero-order valence-electron chi connectivity index (χ0n) is 26.5. The number of thioether (sulfide) groups is 1. The first-order chi connectivity index (χ1) is 19.3. The SMILES string of the molecule is CC(C)(C)OC(=O)NCCCCC(NC(=O)OC(C)(C)C)C(=O)SCc1ccc(OCCNC(=O)OC(C)(C)C)cc1. The van der Waals surface area contributed by atoms with Gasteiger partial charge in [0.25, 0.3) is 0 Å². The minimum absolute atomic E-state index is 0.186. The van der Waals surface area contributed by atoms with Gasteiger partial charge in [0.15, 0.2) is 0 Å². The van der Waals surface area contributed by atoms with Crippen LogP contribution in [0.25, 0.3) is 0 Å². The second kappa shape index (κ2) is 17.1. The highest BCUT2D eigenvalue weighted by molar-refractivity contribution is 8.13. The summed E-state index contributed by atoms with van der Waals surface area (Å²) in [7, 11) is 0. The second-order valence-corrected chi connectivity index (χ2v) is 13.6. The first-order valence-corrected chi connectivity index (χ1v) is 15.1. The molecule has 1 aromatic rings. The third-order valence-corrected chi connectivity index (χ3v) is 5.95. The lowest BCUT2D eigenvalue weighted by Gasteiger charge is -2.23. The molecule has 0 bridgehead atoms. The molecule has 1 atom stereocenters. The van der Waals surface area contributed by atoms with Gasteiger partial charge in [-0.25, -0.2) is 14.4 Å². The first-order valence-electron chi connectivity index (χ1n) is 14.1. The molecule has 42 heavy (non-hydrogen) atoms. The maximum Gasteiger partial charge on any atom is 0.408 e. The summed E-state index contributed by atoms with van der Waals surface area (Å²) >= 11 is 1.11. The molecule has 12 heteroatoms. The summed E-state index contributed by atoms with van der Waals surface area (Å²) in [6.45, 7) is 17.0. The Bertz CT molecular complexity index is 1010. The van der Waals surface area contributed by atoms with Gasteiger partial charge in [0.05, 0.1) is 6.54 Å². The largest absolute Gasteiger partial charge is 0.492 e. The summed E-state index contributed by atoms with van der Waals surface area (Å²) < 4.78 is 21.4. The van der Waals surface area contributed by atoms with Gasteiger partial charge in [0, 0.05) is 12.3 Å². The van der Waals surface area contributed by atoms with E-state index in [1.54, 1.807) is 74.4 Å². The number of benzene rings is 1. The van der Waals surface area contributed by atoms with Crippen LogP contribution in [0.2, 0.25) is 0 Å². The van der Waals surface area contributed by atoms with Gasteiger partial charge in [-0.05, 0) is 99.3 Å². The Morgan fingerprint density at radius 2 is 1.21 bits per heavy atom. The summed E-state index contributed by atoms with van der Waals surface area (Å²) in [6, 6.07) is 6.56. The van der Waals surface area contributed by atoms with Crippen LogP contribution in [-0.4, -0.2) is 65.9 Å². The van der Waals surface area contributed by atoms with E-state index < -0.39 is 41.1 Å². The van der Waals surface area contributed by atoms with Crippen molar-refractivity contribution in [3.05, 3.63) is 29.8 Å². The van der Waals surface area contributed by atoms with Gasteiger partial charge in [0.1, 0.15) is 35.2 Å². The molecule has 0 heterocycles. The van der Waals surface area contributed by atoms with E-state index in [9.17, 15) is 19.2 Å². The highest BCUT2D eigenvalue weighted by Crippen LogP contribution is 2.20. The van der Waals surface area contributed by atoms with Gasteiger partial charge in [-0.2, -0.15) is 0 Å². The number of carbonyl (C=O) groups is 4. The molecule has 1 unspecified atom stereocenters. The molecule has 0 aliphatic rings. The number of carbonyl (C=O) groups excluding carboxylic acids is 4. The maximum atomic E-state index is 13.1. The summed E-state index contributed by atoms with van der Waals surface area (Å²) in [6.07, 6.45) is -0.0522. The third kappa shape index (κ3) is 19.1. The number of unbranched alkanes of at least 4 members (excludes halogenated alkanes) is 1. The molecule has 0 fully saturated rings. The first kappa shape index (κ1) is 36.9. The van der Waals surface area contributed by atoms with Gasteiger partial charge >= 0.3 is 18.3 Å². The van der Waals surface area contributed by atoms with E-state index in [1.165, 1.54) is 0 Å². The van der Waals surface area contributed by atoms with E-state index in [1.807, 2.05) is 12.1 Å². The van der Waals surface area contributed by atoms with Crippen molar-refractivity contribution in [1.29, 1.82) is 0 Å². The highest BCUT2D eigenvalue weighted by Gasteiger charge is 2.25. The third-order valence-electron chi connectivity index (χ3n) is 4.91. The van der Waals surface area contributed by atoms with Gasteiger partial charge in [-0.15, -0.1) is 0 Å². The molecule has 238 valence electrons. The quantitative estimate of drug-likeness (QED) is 0.183. The molecule has 1 rings (SSSR count). The lowest BCUT2D eigenvalue weighted by atomic mass is 10.1. The van der Waals surface area contributed by atoms with Gasteiger partial charge in [-0.3, -0.25) is 4.79 Å². The lowest BCUT2D eigenvalue weighted by molar-refractivity contribution is -0.113. The zero-order valence-corrected chi connectivity index (χ0v) is 27.3. The van der Waals surface area contributed by atoms with Crippen molar-refractivity contribution in [1.82, 2.24) is 16.0 Å². The van der Waals surface area contributed by atoms with E-state index in [4.69, 9.17) is 18.9 Å². The Labute approximate surface area is 254 Å². The average Bonchev–Trinajstić information content (AvgIpc) is 2.81. The fourth-order valence-corrected chi connectivity index (χ4v) is 4.13. The number of nitrogens with one attached hydrogen (secondary N) is 3. The van der Waals surface area contributed by atoms with E-state index in [2.05, 4.69) is 16.0 Å². The van der Waals surface area contributed by atoms with E-state index in [0.717, 1.165) is 17.3 Å². The van der Waals surface area contributed by atoms with Crippen molar-refractivity contribution in [3.8, 4) is 5.75 Å². The highest BCUT2D eigenvalue weighted by atomic mass is 32.2. The normalized spacial score (nSPS) is 12.5. The number of amides is 3. The van der Waals surface area contributed by atoms with E-state index in [0.29, 0.717) is 43.9 Å². The Balaban J connectivity index is 2.56. The average molecular weight is 612 g/mol. The smallest absolute Gasteiger partial charge is 0.408 e. The van der Waals surface area contributed by atoms with Crippen LogP contribution in [0.15, 0.2) is 24.3 Å². The number of ether oxygens (including phenoxy) is 4. The molecule has 0 aromatic heterocycles. The molecular weight excluding hydrogens is 562 g/mol. The monoisotopic (exact) mass is 611 g/mol. The van der Waals surface area contributed by atoms with Crippen molar-refractivity contribution in [3.63, 3.8) is 0 Å². The fraction of sp³-hybridized carbons (Fsp3) is 0.667. The molecule has 0 aliphatic heterocycles. The number of rotatable bonds is 13. The summed E-state index contributed by atoms with van der Waals surface area (Å²) in [5, 5.41) is 7.84. The van der Waals surface area contributed by atoms with Crippen LogP contribution < -0.4 is 20.7 Å². The number of hydrogen-bond acceptors (Lipinski definition) is 9. The molecule has 0 aliphatic carbocycles. The molecule has 11 nitrogen and oxygen atoms in total. The fourth-order valence-electron chi connectivity index (χ4n) is 3.25.